The molecule has 0 saturated carbocycles. The highest BCUT2D eigenvalue weighted by atomic mass is 32.2. The van der Waals surface area contributed by atoms with Gasteiger partial charge in [-0.1, -0.05) is 18.6 Å². The van der Waals surface area contributed by atoms with Crippen molar-refractivity contribution < 1.29 is 24.3 Å². The number of esters is 1. The molecule has 34 heavy (non-hydrogen) atoms. The van der Waals surface area contributed by atoms with Crippen LogP contribution in [0.5, 0.6) is 0 Å². The lowest BCUT2D eigenvalue weighted by Gasteiger charge is -2.47. The van der Waals surface area contributed by atoms with Gasteiger partial charge in [0.05, 0.1) is 33.2 Å². The molecule has 0 spiro atoms. The SMILES string of the molecule is C/C1=C/C[C@@H](/C(C)=C/c2csc(C)n2)OC(=O)C[C@H](O)C(C)(C)[SH2+]([O-])[C@H](C)[C@@H](O)[C@@H](C)CCC1. The summed E-state index contributed by atoms with van der Waals surface area (Å²) in [6.45, 7) is 13.1. The molecule has 2 N–H and O–H groups in total. The van der Waals surface area contributed by atoms with Crippen LogP contribution in [0.4, 0.5) is 0 Å². The maximum absolute atomic E-state index is 13.4. The lowest BCUT2D eigenvalue weighted by molar-refractivity contribution is -0.149. The number of allylic oxidation sites excluding steroid dienone is 1. The molecule has 0 fully saturated rings. The summed E-state index contributed by atoms with van der Waals surface area (Å²) in [6.07, 6.45) is 4.65. The molecule has 0 aromatic carbocycles. The van der Waals surface area contributed by atoms with Crippen LogP contribution in [0.25, 0.3) is 6.08 Å². The van der Waals surface area contributed by atoms with Gasteiger partial charge >= 0.3 is 5.97 Å². The molecule has 2 heterocycles. The zero-order chi connectivity index (χ0) is 25.6. The van der Waals surface area contributed by atoms with Gasteiger partial charge in [0, 0.05) is 11.8 Å². The van der Waals surface area contributed by atoms with E-state index in [1.165, 1.54) is 5.57 Å². The number of carbonyl (C=O) groups excluding carboxylic acids is 1. The molecule has 0 bridgehead atoms. The normalized spacial score (nSPS) is 33.2. The second kappa shape index (κ2) is 12.7. The Morgan fingerprint density at radius 3 is 2.62 bits per heavy atom. The topological polar surface area (TPSA) is 103 Å². The molecular formula is C26H43NO5S2. The van der Waals surface area contributed by atoms with Crippen molar-refractivity contribution in [3.8, 4) is 0 Å². The number of thiazole rings is 1. The van der Waals surface area contributed by atoms with E-state index >= 15 is 0 Å². The van der Waals surface area contributed by atoms with Crippen LogP contribution in [0.1, 0.15) is 84.3 Å². The number of aryl methyl sites for hydroxylation is 1. The van der Waals surface area contributed by atoms with Crippen molar-refractivity contribution >= 4 is 34.6 Å². The molecule has 194 valence electrons. The fraction of sp³-hybridized carbons (Fsp3) is 0.692. The highest BCUT2D eigenvalue weighted by Gasteiger charge is 2.40. The standard InChI is InChI=1S/C26H43NO5S2/c1-16-9-8-10-17(2)25(30)19(4)34(31)26(6,7)23(28)14-24(29)32-22(12-11-16)18(3)13-21-15-33-20(5)27-21/h11,13,15,17,19,22-23,25,28,30H,8-10,12,14,34H2,1-7H3/b16-11-,18-13+/t17-,19+,22-,23-,25-/m0/s1. The molecule has 0 unspecified atom stereocenters. The Morgan fingerprint density at radius 2 is 2.00 bits per heavy atom. The van der Waals surface area contributed by atoms with E-state index in [-0.39, 0.29) is 12.3 Å². The number of carbonyl (C=O) groups is 1. The molecule has 8 heteroatoms. The van der Waals surface area contributed by atoms with Gasteiger partial charge in [-0.25, -0.2) is 4.98 Å². The van der Waals surface area contributed by atoms with E-state index in [1.807, 2.05) is 32.2 Å². The Kier molecular flexibility index (Phi) is 10.8. The molecule has 1 aromatic heterocycles. The quantitative estimate of drug-likeness (QED) is 0.345. The lowest BCUT2D eigenvalue weighted by atomic mass is 9.94. The number of ether oxygens (including phenoxy) is 1. The maximum Gasteiger partial charge on any atom is 0.309 e. The van der Waals surface area contributed by atoms with E-state index in [9.17, 15) is 19.6 Å². The van der Waals surface area contributed by atoms with Crippen LogP contribution in [-0.4, -0.2) is 54.0 Å². The van der Waals surface area contributed by atoms with Crippen molar-refractivity contribution in [3.63, 3.8) is 0 Å². The monoisotopic (exact) mass is 513 g/mol. The molecule has 0 saturated heterocycles. The van der Waals surface area contributed by atoms with Gasteiger partial charge in [0.15, 0.2) is 0 Å². The van der Waals surface area contributed by atoms with E-state index in [4.69, 9.17) is 4.74 Å². The van der Waals surface area contributed by atoms with E-state index in [1.54, 1.807) is 32.1 Å². The molecule has 6 nitrogen and oxygen atoms in total. The van der Waals surface area contributed by atoms with Crippen LogP contribution in [0.3, 0.4) is 0 Å². The second-order valence-electron chi connectivity index (χ2n) is 10.4. The first-order chi connectivity index (χ1) is 15.8. The Morgan fingerprint density at radius 1 is 1.32 bits per heavy atom. The number of aliphatic hydroxyl groups is 2. The second-order valence-corrected chi connectivity index (χ2v) is 14.4. The summed E-state index contributed by atoms with van der Waals surface area (Å²) in [5, 5.41) is 24.2. The number of cyclic esters (lactones) is 1. The summed E-state index contributed by atoms with van der Waals surface area (Å²) in [5.74, 6) is -0.524. The van der Waals surface area contributed by atoms with Crippen LogP contribution in [0.2, 0.25) is 0 Å². The number of rotatable bonds is 2. The van der Waals surface area contributed by atoms with Crippen LogP contribution >= 0.6 is 11.3 Å². The predicted molar refractivity (Wildman–Crippen MR) is 143 cm³/mol. The maximum atomic E-state index is 13.4. The van der Waals surface area contributed by atoms with Gasteiger partial charge in [-0.3, -0.25) is 4.79 Å². The Labute approximate surface area is 211 Å². The number of aromatic nitrogens is 1. The molecule has 1 aliphatic heterocycles. The van der Waals surface area contributed by atoms with Gasteiger partial charge in [0.25, 0.3) is 0 Å². The van der Waals surface area contributed by atoms with Gasteiger partial charge in [-0.15, -0.1) is 11.3 Å². The van der Waals surface area contributed by atoms with Crippen molar-refractivity contribution in [2.45, 2.75) is 109 Å². The number of aliphatic hydroxyl groups excluding tert-OH is 2. The Hall–Kier alpha value is -1.19. The molecule has 5 atom stereocenters. The third-order valence-electron chi connectivity index (χ3n) is 7.04. The zero-order valence-electron chi connectivity index (χ0n) is 21.6. The van der Waals surface area contributed by atoms with Crippen LogP contribution in [0.15, 0.2) is 22.6 Å². The van der Waals surface area contributed by atoms with Gasteiger partial charge in [0.2, 0.25) is 0 Å². The summed E-state index contributed by atoms with van der Waals surface area (Å²) < 4.78 is 18.2. The van der Waals surface area contributed by atoms with Crippen LogP contribution in [0, 0.1) is 12.8 Å². The Balaban J connectivity index is 2.32. The number of nitrogens with zero attached hydrogens (tertiary/aromatic N) is 1. The molecule has 0 radical (unpaired) electrons. The molecule has 1 aromatic rings. The third-order valence-corrected chi connectivity index (χ3v) is 10.6. The first kappa shape index (κ1) is 29.0. The third kappa shape index (κ3) is 7.92. The zero-order valence-corrected chi connectivity index (χ0v) is 23.4. The van der Waals surface area contributed by atoms with Crippen molar-refractivity contribution in [3.05, 3.63) is 33.3 Å². The first-order valence-electron chi connectivity index (χ1n) is 12.2. The van der Waals surface area contributed by atoms with Crippen LogP contribution in [-0.2, 0) is 20.7 Å². The van der Waals surface area contributed by atoms with Crippen molar-refractivity contribution in [2.24, 2.45) is 5.92 Å². The minimum atomic E-state index is -2.43. The largest absolute Gasteiger partial charge is 0.688 e. The van der Waals surface area contributed by atoms with E-state index < -0.39 is 45.5 Å². The fourth-order valence-corrected chi connectivity index (χ4v) is 7.22. The van der Waals surface area contributed by atoms with Gasteiger partial charge in [-0.2, -0.15) is 0 Å². The van der Waals surface area contributed by atoms with Crippen molar-refractivity contribution in [1.82, 2.24) is 4.98 Å². The highest BCUT2D eigenvalue weighted by molar-refractivity contribution is 7.93. The highest BCUT2D eigenvalue weighted by Crippen LogP contribution is 2.32. The summed E-state index contributed by atoms with van der Waals surface area (Å²) in [5.41, 5.74) is 2.93. The Bertz CT molecular complexity index is 878. The average molecular weight is 514 g/mol. The molecular weight excluding hydrogens is 470 g/mol. The minimum Gasteiger partial charge on any atom is -0.688 e. The average Bonchev–Trinajstić information content (AvgIpc) is 3.18. The molecule has 0 amide bonds. The van der Waals surface area contributed by atoms with E-state index in [0.29, 0.717) is 6.42 Å². The minimum absolute atomic E-state index is 0.00191. The molecule has 2 rings (SSSR count). The smallest absolute Gasteiger partial charge is 0.309 e. The number of hydrogen-bond donors (Lipinski definition) is 2. The molecule has 1 aliphatic rings. The van der Waals surface area contributed by atoms with Gasteiger partial charge in [0.1, 0.15) is 12.2 Å². The summed E-state index contributed by atoms with van der Waals surface area (Å²) in [6, 6.07) is 0. The van der Waals surface area contributed by atoms with Crippen molar-refractivity contribution in [2.75, 3.05) is 0 Å². The predicted octanol–water partition coefficient (Wildman–Crippen LogP) is 4.42. The van der Waals surface area contributed by atoms with Crippen LogP contribution < -0.4 is 0 Å². The lowest BCUT2D eigenvalue weighted by Crippen LogP contribution is -2.52. The van der Waals surface area contributed by atoms with E-state index in [0.717, 1.165) is 35.5 Å². The summed E-state index contributed by atoms with van der Waals surface area (Å²) in [7, 11) is 0. The summed E-state index contributed by atoms with van der Waals surface area (Å²) >= 11 is -0.860. The van der Waals surface area contributed by atoms with Gasteiger partial charge < -0.3 is 30.7 Å². The van der Waals surface area contributed by atoms with Gasteiger partial charge in [-0.05, 0) is 78.4 Å². The van der Waals surface area contributed by atoms with E-state index in [2.05, 4.69) is 18.0 Å². The summed E-state index contributed by atoms with van der Waals surface area (Å²) in [4.78, 5) is 17.3. The van der Waals surface area contributed by atoms with Crippen molar-refractivity contribution in [1.29, 1.82) is 0 Å². The molecule has 0 aliphatic carbocycles. The fourth-order valence-electron chi connectivity index (χ4n) is 4.40. The first-order valence-corrected chi connectivity index (χ1v) is 14.5. The number of hydrogen-bond acceptors (Lipinski definition) is 7.